The van der Waals surface area contributed by atoms with E-state index in [9.17, 15) is 26.7 Å². The maximum Gasteiger partial charge on any atom is 0.387 e. The molecule has 0 aliphatic carbocycles. The quantitative estimate of drug-likeness (QED) is 0.612. The van der Waals surface area contributed by atoms with Crippen LogP contribution in [0.1, 0.15) is 21.9 Å². The fourth-order valence-electron chi connectivity index (χ4n) is 3.25. The summed E-state index contributed by atoms with van der Waals surface area (Å²) >= 11 is 1.33. The molecule has 0 aromatic carbocycles. The minimum absolute atomic E-state index is 0.0338. The van der Waals surface area contributed by atoms with Gasteiger partial charge in [-0.25, -0.2) is 15.0 Å². The van der Waals surface area contributed by atoms with Gasteiger partial charge in [0.05, 0.1) is 19.4 Å². The van der Waals surface area contributed by atoms with E-state index < -0.39 is 24.7 Å². The zero-order valence-electron chi connectivity index (χ0n) is 16.7. The van der Waals surface area contributed by atoms with Crippen LogP contribution >= 0.6 is 11.3 Å². The molecule has 0 radical (unpaired) electrons. The first-order chi connectivity index (χ1) is 15.7. The van der Waals surface area contributed by atoms with Crippen LogP contribution in [0.2, 0.25) is 0 Å². The van der Waals surface area contributed by atoms with Gasteiger partial charge in [-0.15, -0.1) is 11.3 Å². The lowest BCUT2D eigenvalue weighted by molar-refractivity contribution is -0.0500. The van der Waals surface area contributed by atoms with Gasteiger partial charge in [0.2, 0.25) is 0 Å². The number of carbonyl (C=O) groups is 1. The summed E-state index contributed by atoms with van der Waals surface area (Å²) in [6.45, 7) is -5.26. The number of halogens is 5. The molecule has 0 bridgehead atoms. The molecular formula is C18H18F5N5O4S. The van der Waals surface area contributed by atoms with Gasteiger partial charge >= 0.3 is 13.3 Å². The summed E-state index contributed by atoms with van der Waals surface area (Å²) in [6, 6.07) is 2.61. The van der Waals surface area contributed by atoms with Crippen molar-refractivity contribution in [2.24, 2.45) is 16.6 Å². The predicted molar refractivity (Wildman–Crippen MR) is 106 cm³/mol. The van der Waals surface area contributed by atoms with Gasteiger partial charge in [-0.1, -0.05) is 0 Å². The fraction of sp³-hybridized carbons (Fsp3) is 0.444. The van der Waals surface area contributed by atoms with Crippen molar-refractivity contribution >= 4 is 29.1 Å². The SMILES string of the molecule is FC(F)F.NC1=NC2(c3nc(NC(=O)c4ccc(OC(F)F)cn4)cs3)COCCC2CO1. The number of aromatic nitrogens is 2. The molecule has 2 aliphatic heterocycles. The third-order valence-electron chi connectivity index (χ3n) is 4.66. The van der Waals surface area contributed by atoms with Gasteiger partial charge < -0.3 is 25.3 Å². The van der Waals surface area contributed by atoms with E-state index in [1.165, 1.54) is 23.5 Å². The molecule has 9 nitrogen and oxygen atoms in total. The molecule has 33 heavy (non-hydrogen) atoms. The van der Waals surface area contributed by atoms with Crippen molar-refractivity contribution in [2.45, 2.75) is 25.3 Å². The van der Waals surface area contributed by atoms with Gasteiger partial charge in [0, 0.05) is 17.9 Å². The van der Waals surface area contributed by atoms with Crippen LogP contribution in [-0.4, -0.2) is 55.0 Å². The second-order valence-electron chi connectivity index (χ2n) is 6.72. The van der Waals surface area contributed by atoms with Crippen molar-refractivity contribution in [1.82, 2.24) is 9.97 Å². The van der Waals surface area contributed by atoms with Gasteiger partial charge in [0.25, 0.3) is 11.9 Å². The van der Waals surface area contributed by atoms with Crippen molar-refractivity contribution in [1.29, 1.82) is 0 Å². The molecule has 4 rings (SSSR count). The molecule has 1 amide bonds. The number of amidine groups is 1. The van der Waals surface area contributed by atoms with Crippen molar-refractivity contribution in [2.75, 3.05) is 25.1 Å². The maximum absolute atomic E-state index is 12.4. The van der Waals surface area contributed by atoms with Crippen LogP contribution in [0.3, 0.4) is 0 Å². The van der Waals surface area contributed by atoms with E-state index in [1.54, 1.807) is 5.38 Å². The molecule has 180 valence electrons. The number of hydrogen-bond donors (Lipinski definition) is 2. The molecular weight excluding hydrogens is 477 g/mol. The highest BCUT2D eigenvalue weighted by molar-refractivity contribution is 7.10. The number of aliphatic imine (C=N–C) groups is 1. The summed E-state index contributed by atoms with van der Waals surface area (Å²) in [5.41, 5.74) is 5.08. The number of ether oxygens (including phenoxy) is 3. The molecule has 2 aromatic rings. The number of carbonyl (C=O) groups excluding carboxylic acids is 1. The van der Waals surface area contributed by atoms with Crippen LogP contribution in [0, 0.1) is 5.92 Å². The van der Waals surface area contributed by atoms with E-state index in [-0.39, 0.29) is 23.4 Å². The third-order valence-corrected chi connectivity index (χ3v) is 5.67. The topological polar surface area (TPSA) is 121 Å². The summed E-state index contributed by atoms with van der Waals surface area (Å²) in [5, 5.41) is 4.99. The lowest BCUT2D eigenvalue weighted by Crippen LogP contribution is -2.49. The second-order valence-corrected chi connectivity index (χ2v) is 7.58. The number of nitrogens with one attached hydrogen (secondary N) is 1. The number of rotatable bonds is 5. The van der Waals surface area contributed by atoms with Crippen LogP contribution < -0.4 is 15.8 Å². The summed E-state index contributed by atoms with van der Waals surface area (Å²) in [7, 11) is 0. The standard InChI is InChI=1S/C17H17F2N5O4S.CHF3/c18-15(19)28-10-1-2-11(21-5-10)13(25)22-12-7-29-14(23-12)17-8-26-4-3-9(17)6-27-16(20)24-17;2-1(3)4/h1-2,5,7,9,15H,3-4,6,8H2,(H2,20,24)(H,22,25);1H. The number of alkyl halides is 5. The molecule has 2 aromatic heterocycles. The van der Waals surface area contributed by atoms with E-state index in [4.69, 9.17) is 15.2 Å². The highest BCUT2D eigenvalue weighted by atomic mass is 32.1. The van der Waals surface area contributed by atoms with E-state index in [1.807, 2.05) is 0 Å². The number of pyridine rings is 1. The number of amides is 1. The van der Waals surface area contributed by atoms with Gasteiger partial charge in [0.1, 0.15) is 27.8 Å². The number of nitrogens with two attached hydrogens (primary N) is 1. The van der Waals surface area contributed by atoms with Crippen molar-refractivity contribution in [3.63, 3.8) is 0 Å². The molecule has 2 unspecified atom stereocenters. The van der Waals surface area contributed by atoms with E-state index in [0.717, 1.165) is 12.6 Å². The van der Waals surface area contributed by atoms with Crippen LogP contribution in [-0.2, 0) is 15.0 Å². The van der Waals surface area contributed by atoms with Crippen LogP contribution in [0.5, 0.6) is 5.75 Å². The molecule has 2 aliphatic rings. The normalized spacial score (nSPS) is 21.9. The minimum atomic E-state index is -3.67. The van der Waals surface area contributed by atoms with Crippen molar-refractivity contribution in [3.8, 4) is 5.75 Å². The number of nitrogens with zero attached hydrogens (tertiary/aromatic N) is 3. The first-order valence-corrected chi connectivity index (χ1v) is 10.2. The molecule has 1 fully saturated rings. The second kappa shape index (κ2) is 10.7. The zero-order chi connectivity index (χ0) is 24.0. The van der Waals surface area contributed by atoms with Gasteiger partial charge in [-0.05, 0) is 18.6 Å². The summed E-state index contributed by atoms with van der Waals surface area (Å²) in [6.07, 6.45) is 1.81. The summed E-state index contributed by atoms with van der Waals surface area (Å²) in [4.78, 5) is 25.2. The predicted octanol–water partition coefficient (Wildman–Crippen LogP) is 3.15. The Morgan fingerprint density at radius 3 is 2.73 bits per heavy atom. The Kier molecular flexibility index (Phi) is 7.97. The summed E-state index contributed by atoms with van der Waals surface area (Å²) in [5.74, 6) is -0.273. The molecule has 15 heteroatoms. The Morgan fingerprint density at radius 1 is 1.30 bits per heavy atom. The van der Waals surface area contributed by atoms with Gasteiger partial charge in [-0.2, -0.15) is 22.0 Å². The maximum atomic E-state index is 12.4. The molecule has 0 saturated carbocycles. The van der Waals surface area contributed by atoms with Crippen molar-refractivity contribution < 1.29 is 41.0 Å². The first-order valence-electron chi connectivity index (χ1n) is 9.36. The smallest absolute Gasteiger partial charge is 0.387 e. The number of hydrogen-bond acceptors (Lipinski definition) is 9. The highest BCUT2D eigenvalue weighted by Gasteiger charge is 2.48. The van der Waals surface area contributed by atoms with Gasteiger partial charge in [-0.3, -0.25) is 4.79 Å². The van der Waals surface area contributed by atoms with Crippen molar-refractivity contribution in [3.05, 3.63) is 34.4 Å². The number of thiazole rings is 1. The average molecular weight is 495 g/mol. The third kappa shape index (κ3) is 6.25. The number of fused-ring (bicyclic) bond motifs is 1. The zero-order valence-corrected chi connectivity index (χ0v) is 17.5. The van der Waals surface area contributed by atoms with E-state index >= 15 is 0 Å². The Labute approximate surface area is 187 Å². The lowest BCUT2D eigenvalue weighted by Gasteiger charge is -2.41. The Balaban J connectivity index is 0.000000709. The molecule has 0 spiro atoms. The van der Waals surface area contributed by atoms with E-state index in [0.29, 0.717) is 30.6 Å². The molecule has 1 saturated heterocycles. The monoisotopic (exact) mass is 495 g/mol. The Bertz CT molecular complexity index is 975. The summed E-state index contributed by atoms with van der Waals surface area (Å²) < 4.78 is 68.6. The van der Waals surface area contributed by atoms with Crippen LogP contribution in [0.25, 0.3) is 0 Å². The fourth-order valence-corrected chi connectivity index (χ4v) is 4.21. The first kappa shape index (κ1) is 24.6. The highest BCUT2D eigenvalue weighted by Crippen LogP contribution is 2.43. The van der Waals surface area contributed by atoms with E-state index in [2.05, 4.69) is 25.0 Å². The minimum Gasteiger partial charge on any atom is -0.465 e. The average Bonchev–Trinajstić information content (AvgIpc) is 3.22. The Hall–Kier alpha value is -3.07. The Morgan fingerprint density at radius 2 is 2.06 bits per heavy atom. The van der Waals surface area contributed by atoms with Crippen LogP contribution in [0.4, 0.5) is 27.8 Å². The number of anilines is 1. The molecule has 4 heterocycles. The van der Waals surface area contributed by atoms with Gasteiger partial charge in [0.15, 0.2) is 0 Å². The largest absolute Gasteiger partial charge is 0.465 e. The van der Waals surface area contributed by atoms with Crippen LogP contribution in [0.15, 0.2) is 28.7 Å². The molecule has 2 atom stereocenters. The lowest BCUT2D eigenvalue weighted by atomic mass is 9.81. The molecule has 3 N–H and O–H groups in total.